The van der Waals surface area contributed by atoms with Gasteiger partial charge in [-0.1, -0.05) is 26.2 Å². The molecule has 0 atom stereocenters. The van der Waals surface area contributed by atoms with Crippen molar-refractivity contribution < 1.29 is 0 Å². The topological polar surface area (TPSA) is 78.1 Å². The Morgan fingerprint density at radius 3 is 1.75 bits per heavy atom. The Morgan fingerprint density at radius 2 is 1.42 bits per heavy atom. The Bertz CT molecular complexity index is 91.7. The van der Waals surface area contributed by atoms with Crippen molar-refractivity contribution >= 4 is 0 Å². The second-order valence-corrected chi connectivity index (χ2v) is 3.57. The van der Waals surface area contributed by atoms with E-state index in [2.05, 4.69) is 6.92 Å². The molecule has 0 bridgehead atoms. The first-order valence-electron chi connectivity index (χ1n) is 4.85. The molecule has 12 heavy (non-hydrogen) atoms. The van der Waals surface area contributed by atoms with Crippen LogP contribution in [0.2, 0.25) is 0 Å². The molecule has 3 heteroatoms. The summed E-state index contributed by atoms with van der Waals surface area (Å²) in [4.78, 5) is 0. The van der Waals surface area contributed by atoms with Crippen LogP contribution in [0, 0.1) is 5.41 Å². The minimum Gasteiger partial charge on any atom is -0.330 e. The number of rotatable bonds is 7. The van der Waals surface area contributed by atoms with Gasteiger partial charge in [-0.3, -0.25) is 0 Å². The molecule has 74 valence electrons. The van der Waals surface area contributed by atoms with Crippen LogP contribution < -0.4 is 17.2 Å². The van der Waals surface area contributed by atoms with Gasteiger partial charge >= 0.3 is 0 Å². The number of nitrogens with two attached hydrogens (primary N) is 3. The third-order valence-electron chi connectivity index (χ3n) is 2.61. The third-order valence-corrected chi connectivity index (χ3v) is 2.61. The van der Waals surface area contributed by atoms with E-state index in [1.165, 1.54) is 19.3 Å². The van der Waals surface area contributed by atoms with Crippen molar-refractivity contribution in [1.82, 2.24) is 0 Å². The van der Waals surface area contributed by atoms with Gasteiger partial charge in [-0.05, 0) is 6.42 Å². The molecular formula is C9H23N3. The molecule has 0 aliphatic heterocycles. The van der Waals surface area contributed by atoms with E-state index in [9.17, 15) is 0 Å². The lowest BCUT2D eigenvalue weighted by Gasteiger charge is -2.29. The molecule has 0 saturated carbocycles. The van der Waals surface area contributed by atoms with Crippen LogP contribution in [-0.4, -0.2) is 19.6 Å². The van der Waals surface area contributed by atoms with Crippen molar-refractivity contribution in [1.29, 1.82) is 0 Å². The molecule has 0 saturated heterocycles. The zero-order valence-electron chi connectivity index (χ0n) is 8.18. The van der Waals surface area contributed by atoms with Crippen LogP contribution in [-0.2, 0) is 0 Å². The summed E-state index contributed by atoms with van der Waals surface area (Å²) >= 11 is 0. The highest BCUT2D eigenvalue weighted by molar-refractivity contribution is 4.82. The summed E-state index contributed by atoms with van der Waals surface area (Å²) in [6, 6.07) is 0. The van der Waals surface area contributed by atoms with E-state index in [0.29, 0.717) is 19.6 Å². The van der Waals surface area contributed by atoms with Gasteiger partial charge in [0, 0.05) is 25.0 Å². The van der Waals surface area contributed by atoms with E-state index in [1.807, 2.05) is 0 Å². The maximum atomic E-state index is 5.65. The maximum Gasteiger partial charge on any atom is 0.00705 e. The van der Waals surface area contributed by atoms with Gasteiger partial charge in [-0.15, -0.1) is 0 Å². The predicted molar refractivity (Wildman–Crippen MR) is 53.7 cm³/mol. The number of hydrogen-bond donors (Lipinski definition) is 3. The quantitative estimate of drug-likeness (QED) is 0.488. The molecule has 0 aromatic heterocycles. The second-order valence-electron chi connectivity index (χ2n) is 3.57. The smallest absolute Gasteiger partial charge is 0.00705 e. The van der Waals surface area contributed by atoms with E-state index in [1.54, 1.807) is 0 Å². The van der Waals surface area contributed by atoms with Crippen molar-refractivity contribution in [2.24, 2.45) is 22.6 Å². The first kappa shape index (κ1) is 11.9. The van der Waals surface area contributed by atoms with Crippen molar-refractivity contribution in [3.63, 3.8) is 0 Å². The lowest BCUT2D eigenvalue weighted by atomic mass is 9.83. The molecule has 3 nitrogen and oxygen atoms in total. The van der Waals surface area contributed by atoms with Gasteiger partial charge in [0.15, 0.2) is 0 Å². The molecule has 0 radical (unpaired) electrons. The summed E-state index contributed by atoms with van der Waals surface area (Å²) in [6.07, 6.45) is 4.75. The molecule has 0 aromatic rings. The highest BCUT2D eigenvalue weighted by Gasteiger charge is 2.24. The van der Waals surface area contributed by atoms with Gasteiger partial charge in [-0.25, -0.2) is 0 Å². The van der Waals surface area contributed by atoms with E-state index < -0.39 is 0 Å². The molecule has 0 amide bonds. The van der Waals surface area contributed by atoms with Gasteiger partial charge in [0.1, 0.15) is 0 Å². The Morgan fingerprint density at radius 1 is 0.917 bits per heavy atom. The highest BCUT2D eigenvalue weighted by Crippen LogP contribution is 2.20. The summed E-state index contributed by atoms with van der Waals surface area (Å²) in [5.41, 5.74) is 17.0. The van der Waals surface area contributed by atoms with Crippen LogP contribution in [0.15, 0.2) is 0 Å². The van der Waals surface area contributed by atoms with Crippen LogP contribution in [0.25, 0.3) is 0 Å². The van der Waals surface area contributed by atoms with Gasteiger partial charge in [-0.2, -0.15) is 0 Å². The van der Waals surface area contributed by atoms with Crippen LogP contribution in [0.5, 0.6) is 0 Å². The van der Waals surface area contributed by atoms with Crippen LogP contribution in [0.3, 0.4) is 0 Å². The number of hydrogen-bond acceptors (Lipinski definition) is 3. The molecule has 0 unspecified atom stereocenters. The van der Waals surface area contributed by atoms with Crippen LogP contribution >= 0.6 is 0 Å². The summed E-state index contributed by atoms with van der Waals surface area (Å²) in [7, 11) is 0. The molecule has 0 aliphatic rings. The fourth-order valence-corrected chi connectivity index (χ4v) is 1.31. The lowest BCUT2D eigenvalue weighted by molar-refractivity contribution is 0.284. The Labute approximate surface area is 75.7 Å². The zero-order chi connectivity index (χ0) is 9.45. The minimum atomic E-state index is 0.00910. The van der Waals surface area contributed by atoms with E-state index >= 15 is 0 Å². The fraction of sp³-hybridized carbons (Fsp3) is 1.00. The lowest BCUT2D eigenvalue weighted by Crippen LogP contribution is -2.44. The monoisotopic (exact) mass is 173 g/mol. The molecular weight excluding hydrogens is 150 g/mol. The standard InChI is InChI=1S/C9H23N3/c1-2-3-4-5-9(6-10,7-11)8-12/h2-8,10-12H2,1H3. The summed E-state index contributed by atoms with van der Waals surface area (Å²) in [5, 5.41) is 0. The molecule has 0 rings (SSSR count). The highest BCUT2D eigenvalue weighted by atomic mass is 14.7. The summed E-state index contributed by atoms with van der Waals surface area (Å²) in [5.74, 6) is 0. The van der Waals surface area contributed by atoms with Crippen molar-refractivity contribution in [2.45, 2.75) is 32.6 Å². The van der Waals surface area contributed by atoms with Crippen LogP contribution in [0.4, 0.5) is 0 Å². The molecule has 0 aliphatic carbocycles. The Kier molecular flexibility index (Phi) is 6.34. The maximum absolute atomic E-state index is 5.65. The van der Waals surface area contributed by atoms with Crippen molar-refractivity contribution in [3.05, 3.63) is 0 Å². The van der Waals surface area contributed by atoms with E-state index in [-0.39, 0.29) is 5.41 Å². The molecule has 0 spiro atoms. The normalized spacial score (nSPS) is 12.0. The first-order chi connectivity index (χ1) is 5.74. The SMILES string of the molecule is CCCCCC(CN)(CN)CN. The molecule has 6 N–H and O–H groups in total. The molecule has 0 heterocycles. The second kappa shape index (κ2) is 6.40. The minimum absolute atomic E-state index is 0.00910. The van der Waals surface area contributed by atoms with Gasteiger partial charge in [0.25, 0.3) is 0 Å². The van der Waals surface area contributed by atoms with Gasteiger partial charge in [0.2, 0.25) is 0 Å². The van der Waals surface area contributed by atoms with Crippen LogP contribution in [0.1, 0.15) is 32.6 Å². The first-order valence-corrected chi connectivity index (χ1v) is 4.85. The number of unbranched alkanes of at least 4 members (excludes halogenated alkanes) is 2. The average Bonchev–Trinajstić information content (AvgIpc) is 2.14. The zero-order valence-corrected chi connectivity index (χ0v) is 8.18. The molecule has 0 fully saturated rings. The van der Waals surface area contributed by atoms with Gasteiger partial charge in [0.05, 0.1) is 0 Å². The molecule has 0 aromatic carbocycles. The van der Waals surface area contributed by atoms with Gasteiger partial charge < -0.3 is 17.2 Å². The van der Waals surface area contributed by atoms with E-state index in [4.69, 9.17) is 17.2 Å². The Hall–Kier alpha value is -0.120. The third kappa shape index (κ3) is 3.52. The van der Waals surface area contributed by atoms with E-state index in [0.717, 1.165) is 6.42 Å². The fourth-order valence-electron chi connectivity index (χ4n) is 1.31. The largest absolute Gasteiger partial charge is 0.330 e. The summed E-state index contributed by atoms with van der Waals surface area (Å²) in [6.45, 7) is 4.03. The Balaban J connectivity index is 3.76. The average molecular weight is 173 g/mol. The summed E-state index contributed by atoms with van der Waals surface area (Å²) < 4.78 is 0. The predicted octanol–water partition coefficient (Wildman–Crippen LogP) is 0.429. The van der Waals surface area contributed by atoms with Crippen molar-refractivity contribution in [2.75, 3.05) is 19.6 Å². The van der Waals surface area contributed by atoms with Crippen molar-refractivity contribution in [3.8, 4) is 0 Å².